The summed E-state index contributed by atoms with van der Waals surface area (Å²) in [6.07, 6.45) is 2.71. The number of imidazole rings is 1. The molecule has 0 aliphatic carbocycles. The van der Waals surface area contributed by atoms with Crippen molar-refractivity contribution in [3.8, 4) is 5.75 Å². The van der Waals surface area contributed by atoms with Crippen LogP contribution in [0, 0.1) is 6.92 Å². The van der Waals surface area contributed by atoms with Gasteiger partial charge in [0.1, 0.15) is 12.4 Å². The number of methoxy groups -OCH3 is 1. The third-order valence-corrected chi connectivity index (χ3v) is 4.70. The monoisotopic (exact) mass is 421 g/mol. The van der Waals surface area contributed by atoms with E-state index in [-0.39, 0.29) is 6.61 Å². The maximum atomic E-state index is 12.2. The second kappa shape index (κ2) is 9.80. The number of benzene rings is 2. The smallest absolute Gasteiger partial charge is 0.412 e. The molecule has 0 aliphatic rings. The second-order valence-corrected chi connectivity index (χ2v) is 7.19. The Hall–Kier alpha value is -3.81. The summed E-state index contributed by atoms with van der Waals surface area (Å²) in [5, 5.41) is 8.93. The molecule has 0 radical (unpaired) electrons. The van der Waals surface area contributed by atoms with Crippen LogP contribution in [0.15, 0.2) is 60.5 Å². The number of aromatic nitrogens is 2. The van der Waals surface area contributed by atoms with Crippen molar-refractivity contribution in [1.29, 1.82) is 0 Å². The van der Waals surface area contributed by atoms with Gasteiger partial charge in [0.2, 0.25) is 0 Å². The number of nitrogens with zero attached hydrogens (tertiary/aromatic N) is 4. The van der Waals surface area contributed by atoms with E-state index in [2.05, 4.69) is 22.0 Å². The number of rotatable bonds is 8. The van der Waals surface area contributed by atoms with Gasteiger partial charge in [-0.15, -0.1) is 0 Å². The van der Waals surface area contributed by atoms with Crippen LogP contribution in [0.3, 0.4) is 0 Å². The average molecular weight is 422 g/mol. The Morgan fingerprint density at radius 3 is 2.87 bits per heavy atom. The van der Waals surface area contributed by atoms with Crippen molar-refractivity contribution in [3.63, 3.8) is 0 Å². The number of anilines is 1. The predicted octanol–water partition coefficient (Wildman–Crippen LogP) is 4.11. The van der Waals surface area contributed by atoms with Gasteiger partial charge in [-0.05, 0) is 42.8 Å². The Labute approximate surface area is 181 Å². The maximum absolute atomic E-state index is 12.2. The van der Waals surface area contributed by atoms with E-state index in [0.717, 1.165) is 27.9 Å². The Morgan fingerprint density at radius 1 is 1.32 bits per heavy atom. The lowest BCUT2D eigenvalue weighted by molar-refractivity contribution is 0.177. The van der Waals surface area contributed by atoms with E-state index < -0.39 is 6.09 Å². The minimum Gasteiger partial charge on any atom is -0.496 e. The molecule has 3 rings (SSSR count). The molecule has 1 amide bonds. The van der Waals surface area contributed by atoms with Gasteiger partial charge in [-0.1, -0.05) is 18.7 Å². The molecule has 8 nitrogen and oxygen atoms in total. The number of amides is 1. The maximum Gasteiger partial charge on any atom is 0.412 e. The number of hydrogen-bond acceptors (Lipinski definition) is 6. The molecule has 0 fully saturated rings. The molecule has 1 aromatic heterocycles. The fourth-order valence-electron chi connectivity index (χ4n) is 3.12. The highest BCUT2D eigenvalue weighted by atomic mass is 16.5. The van der Waals surface area contributed by atoms with Crippen LogP contribution < -0.4 is 10.1 Å². The van der Waals surface area contributed by atoms with Gasteiger partial charge in [-0.3, -0.25) is 10.3 Å². The van der Waals surface area contributed by atoms with Crippen molar-refractivity contribution < 1.29 is 14.3 Å². The zero-order valence-electron chi connectivity index (χ0n) is 18.3. The summed E-state index contributed by atoms with van der Waals surface area (Å²) in [7, 11) is 5.40. The number of fused-ring (bicyclic) bond motifs is 1. The number of carbonyl (C=O) groups is 1. The van der Waals surface area contributed by atoms with Crippen LogP contribution in [0.2, 0.25) is 0 Å². The first-order chi connectivity index (χ1) is 14.9. The van der Waals surface area contributed by atoms with Gasteiger partial charge in [0.25, 0.3) is 0 Å². The fraction of sp³-hybridized carbons (Fsp3) is 0.261. The molecule has 31 heavy (non-hydrogen) atoms. The number of carbonyl (C=O) groups excluding carboxylic acids is 1. The third-order valence-electron chi connectivity index (χ3n) is 4.70. The van der Waals surface area contributed by atoms with Crippen molar-refractivity contribution >= 4 is 28.5 Å². The standard InChI is InChI=1S/C23H27N5O3/c1-6-18(26-28(4)13-17-8-7-16(2)11-22(17)30-5)14-31-23(29)25-19-9-10-21-20(12-19)24-15-27(21)3/h6-12,15H,1,13-14H2,2-5H3,(H,25,29)/b26-18+. The number of nitrogens with one attached hydrogen (secondary N) is 1. The van der Waals surface area contributed by atoms with E-state index in [0.29, 0.717) is 17.9 Å². The highest BCUT2D eigenvalue weighted by molar-refractivity contribution is 5.97. The van der Waals surface area contributed by atoms with E-state index >= 15 is 0 Å². The van der Waals surface area contributed by atoms with Crippen molar-refractivity contribution in [2.75, 3.05) is 26.1 Å². The van der Waals surface area contributed by atoms with Crippen LogP contribution in [0.1, 0.15) is 11.1 Å². The highest BCUT2D eigenvalue weighted by Crippen LogP contribution is 2.21. The fourth-order valence-corrected chi connectivity index (χ4v) is 3.12. The molecule has 2 aromatic carbocycles. The van der Waals surface area contributed by atoms with Crippen molar-refractivity contribution in [2.45, 2.75) is 13.5 Å². The largest absolute Gasteiger partial charge is 0.496 e. The van der Waals surface area contributed by atoms with Gasteiger partial charge in [0, 0.05) is 25.3 Å². The van der Waals surface area contributed by atoms with E-state index in [1.807, 2.05) is 49.9 Å². The SMILES string of the molecule is C=C/C(COC(=O)Nc1ccc2c(c1)ncn2C)=N\N(C)Cc1ccc(C)cc1OC. The normalized spacial score (nSPS) is 11.3. The lowest BCUT2D eigenvalue weighted by Crippen LogP contribution is -2.21. The number of aryl methyl sites for hydroxylation is 2. The summed E-state index contributed by atoms with van der Waals surface area (Å²) in [5.41, 5.74) is 5.04. The summed E-state index contributed by atoms with van der Waals surface area (Å²) < 4.78 is 12.7. The summed E-state index contributed by atoms with van der Waals surface area (Å²) in [6.45, 7) is 6.31. The molecule has 3 aromatic rings. The van der Waals surface area contributed by atoms with E-state index in [9.17, 15) is 4.79 Å². The van der Waals surface area contributed by atoms with Crippen LogP contribution in [0.5, 0.6) is 5.75 Å². The summed E-state index contributed by atoms with van der Waals surface area (Å²) in [6, 6.07) is 11.5. The minimum absolute atomic E-state index is 0.00344. The van der Waals surface area contributed by atoms with Gasteiger partial charge >= 0.3 is 6.09 Å². The molecule has 162 valence electrons. The third kappa shape index (κ3) is 5.63. The lowest BCUT2D eigenvalue weighted by atomic mass is 10.1. The molecule has 0 saturated carbocycles. The molecule has 1 heterocycles. The van der Waals surface area contributed by atoms with Crippen LogP contribution in [-0.4, -0.2) is 47.1 Å². The Bertz CT molecular complexity index is 1120. The van der Waals surface area contributed by atoms with E-state index in [1.165, 1.54) is 0 Å². The first kappa shape index (κ1) is 21.9. The predicted molar refractivity (Wildman–Crippen MR) is 123 cm³/mol. The molecule has 0 saturated heterocycles. The Balaban J connectivity index is 1.57. The summed E-state index contributed by atoms with van der Waals surface area (Å²) in [4.78, 5) is 16.5. The molecule has 8 heteroatoms. The van der Waals surface area contributed by atoms with E-state index in [1.54, 1.807) is 36.7 Å². The van der Waals surface area contributed by atoms with Crippen molar-refractivity contribution in [2.24, 2.45) is 12.1 Å². The Morgan fingerprint density at radius 2 is 2.13 bits per heavy atom. The van der Waals surface area contributed by atoms with Crippen LogP contribution in [0.25, 0.3) is 11.0 Å². The first-order valence-corrected chi connectivity index (χ1v) is 9.79. The Kier molecular flexibility index (Phi) is 6.92. The molecule has 0 spiro atoms. The minimum atomic E-state index is -0.576. The van der Waals surface area contributed by atoms with Crippen LogP contribution in [-0.2, 0) is 18.3 Å². The molecular weight excluding hydrogens is 394 g/mol. The molecule has 0 atom stereocenters. The lowest BCUT2D eigenvalue weighted by Gasteiger charge is -2.17. The van der Waals surface area contributed by atoms with Crippen molar-refractivity contribution in [1.82, 2.24) is 14.6 Å². The van der Waals surface area contributed by atoms with Gasteiger partial charge < -0.3 is 14.0 Å². The molecule has 1 N–H and O–H groups in total. The molecule has 0 aliphatic heterocycles. The number of ether oxygens (including phenoxy) is 2. The topological polar surface area (TPSA) is 81.0 Å². The quantitative estimate of drug-likeness (QED) is 0.437. The zero-order chi connectivity index (χ0) is 22.4. The summed E-state index contributed by atoms with van der Waals surface area (Å²) in [5.74, 6) is 0.808. The van der Waals surface area contributed by atoms with Gasteiger partial charge in [-0.2, -0.15) is 5.10 Å². The number of hydrogen-bond donors (Lipinski definition) is 1. The van der Waals surface area contributed by atoms with Gasteiger partial charge in [0.05, 0.1) is 36.7 Å². The summed E-state index contributed by atoms with van der Waals surface area (Å²) >= 11 is 0. The van der Waals surface area contributed by atoms with Gasteiger partial charge in [-0.25, -0.2) is 9.78 Å². The van der Waals surface area contributed by atoms with Gasteiger partial charge in [0.15, 0.2) is 0 Å². The number of hydrazone groups is 1. The average Bonchev–Trinajstić information content (AvgIpc) is 3.12. The van der Waals surface area contributed by atoms with Crippen molar-refractivity contribution in [3.05, 3.63) is 66.5 Å². The molecule has 0 bridgehead atoms. The van der Waals surface area contributed by atoms with Crippen LogP contribution in [0.4, 0.5) is 10.5 Å². The molecular formula is C23H27N5O3. The second-order valence-electron chi connectivity index (χ2n) is 7.19. The zero-order valence-corrected chi connectivity index (χ0v) is 18.3. The highest BCUT2D eigenvalue weighted by Gasteiger charge is 2.09. The molecule has 0 unspecified atom stereocenters. The first-order valence-electron chi connectivity index (χ1n) is 9.79. The van der Waals surface area contributed by atoms with Crippen LogP contribution >= 0.6 is 0 Å². The van der Waals surface area contributed by atoms with E-state index in [4.69, 9.17) is 9.47 Å².